The summed E-state index contributed by atoms with van der Waals surface area (Å²) >= 11 is 0. The first-order chi connectivity index (χ1) is 6.66. The molecule has 0 saturated heterocycles. The second-order valence-electron chi connectivity index (χ2n) is 4.32. The Hall–Kier alpha value is -0.900. The van der Waals surface area contributed by atoms with Gasteiger partial charge in [-0.3, -0.25) is 4.68 Å². The van der Waals surface area contributed by atoms with Crippen molar-refractivity contribution in [2.75, 3.05) is 0 Å². The maximum Gasteiger partial charge on any atom is 0.154 e. The van der Waals surface area contributed by atoms with Crippen molar-refractivity contribution in [3.05, 3.63) is 11.6 Å². The second kappa shape index (κ2) is 3.69. The van der Waals surface area contributed by atoms with Crippen LogP contribution in [0.5, 0.6) is 0 Å². The van der Waals surface area contributed by atoms with Crippen LogP contribution < -0.4 is 5.32 Å². The third-order valence-corrected chi connectivity index (χ3v) is 2.48. The average Bonchev–Trinajstić information content (AvgIpc) is 2.88. The summed E-state index contributed by atoms with van der Waals surface area (Å²) in [6, 6.07) is 0.496. The first kappa shape index (κ1) is 9.65. The lowest BCUT2D eigenvalue weighted by molar-refractivity contribution is 0.551. The Morgan fingerprint density at radius 2 is 2.21 bits per heavy atom. The van der Waals surface area contributed by atoms with Crippen LogP contribution in [-0.2, 0) is 13.6 Å². The van der Waals surface area contributed by atoms with E-state index in [4.69, 9.17) is 0 Å². The van der Waals surface area contributed by atoms with E-state index in [9.17, 15) is 0 Å². The molecule has 4 heteroatoms. The minimum atomic E-state index is 0.496. The molecule has 2 rings (SSSR count). The van der Waals surface area contributed by atoms with Gasteiger partial charge >= 0.3 is 0 Å². The highest BCUT2D eigenvalue weighted by Gasteiger charge is 2.28. The van der Waals surface area contributed by atoms with Crippen LogP contribution in [0, 0.1) is 0 Å². The second-order valence-corrected chi connectivity index (χ2v) is 4.32. The van der Waals surface area contributed by atoms with Crippen LogP contribution in [0.3, 0.4) is 0 Å². The van der Waals surface area contributed by atoms with Gasteiger partial charge in [0.1, 0.15) is 5.82 Å². The predicted octanol–water partition coefficient (Wildman–Crippen LogP) is 1.19. The van der Waals surface area contributed by atoms with Gasteiger partial charge in [-0.1, -0.05) is 13.8 Å². The fourth-order valence-electron chi connectivity index (χ4n) is 1.40. The Kier molecular flexibility index (Phi) is 2.54. The van der Waals surface area contributed by atoms with Gasteiger partial charge in [-0.2, -0.15) is 5.10 Å². The maximum atomic E-state index is 4.53. The maximum absolute atomic E-state index is 4.53. The molecule has 0 atom stereocenters. The molecule has 0 amide bonds. The average molecular weight is 194 g/mol. The van der Waals surface area contributed by atoms with Crippen LogP contribution in [0.25, 0.3) is 0 Å². The quantitative estimate of drug-likeness (QED) is 0.783. The fourth-order valence-corrected chi connectivity index (χ4v) is 1.40. The molecule has 78 valence electrons. The van der Waals surface area contributed by atoms with Crippen molar-refractivity contribution >= 4 is 0 Å². The van der Waals surface area contributed by atoms with Crippen LogP contribution in [0.1, 0.15) is 44.3 Å². The van der Waals surface area contributed by atoms with Crippen molar-refractivity contribution in [3.63, 3.8) is 0 Å². The van der Waals surface area contributed by atoms with Crippen molar-refractivity contribution < 1.29 is 0 Å². The zero-order valence-electron chi connectivity index (χ0n) is 9.12. The van der Waals surface area contributed by atoms with Gasteiger partial charge in [0.25, 0.3) is 0 Å². The molecule has 1 saturated carbocycles. The van der Waals surface area contributed by atoms with Crippen LogP contribution in [0.4, 0.5) is 0 Å². The van der Waals surface area contributed by atoms with E-state index in [-0.39, 0.29) is 0 Å². The summed E-state index contributed by atoms with van der Waals surface area (Å²) in [4.78, 5) is 4.53. The Balaban J connectivity index is 2.01. The number of rotatable bonds is 4. The molecule has 1 aliphatic rings. The lowest BCUT2D eigenvalue weighted by Crippen LogP contribution is -2.23. The highest BCUT2D eigenvalue weighted by molar-refractivity contribution is 5.05. The minimum absolute atomic E-state index is 0.496. The van der Waals surface area contributed by atoms with Gasteiger partial charge < -0.3 is 5.32 Å². The van der Waals surface area contributed by atoms with Crippen molar-refractivity contribution in [3.8, 4) is 0 Å². The topological polar surface area (TPSA) is 42.7 Å². The van der Waals surface area contributed by atoms with Crippen LogP contribution in [0.2, 0.25) is 0 Å². The van der Waals surface area contributed by atoms with E-state index < -0.39 is 0 Å². The van der Waals surface area contributed by atoms with Crippen LogP contribution in [0.15, 0.2) is 0 Å². The van der Waals surface area contributed by atoms with E-state index in [1.165, 1.54) is 12.8 Å². The molecule has 0 radical (unpaired) electrons. The summed E-state index contributed by atoms with van der Waals surface area (Å²) < 4.78 is 1.89. The summed E-state index contributed by atoms with van der Waals surface area (Å²) in [6.45, 7) is 5.09. The minimum Gasteiger partial charge on any atom is -0.308 e. The van der Waals surface area contributed by atoms with Gasteiger partial charge in [0, 0.05) is 19.0 Å². The zero-order chi connectivity index (χ0) is 10.1. The molecule has 0 spiro atoms. The number of nitrogens with zero attached hydrogens (tertiary/aromatic N) is 3. The summed E-state index contributed by atoms with van der Waals surface area (Å²) in [6.07, 6.45) is 2.53. The molecule has 1 heterocycles. The molecule has 0 unspecified atom stereocenters. The molecule has 1 fully saturated rings. The molecule has 1 aromatic heterocycles. The zero-order valence-corrected chi connectivity index (χ0v) is 9.12. The first-order valence-corrected chi connectivity index (χ1v) is 5.30. The molecule has 0 aliphatic heterocycles. The molecular formula is C10H18N4. The highest BCUT2D eigenvalue weighted by Crippen LogP contribution is 2.37. The van der Waals surface area contributed by atoms with Crippen molar-refractivity contribution in [2.24, 2.45) is 7.05 Å². The van der Waals surface area contributed by atoms with Gasteiger partial charge in [-0.25, -0.2) is 4.98 Å². The van der Waals surface area contributed by atoms with E-state index in [2.05, 4.69) is 29.2 Å². The monoisotopic (exact) mass is 194 g/mol. The van der Waals surface area contributed by atoms with Crippen LogP contribution in [-0.4, -0.2) is 20.8 Å². The van der Waals surface area contributed by atoms with E-state index in [1.807, 2.05) is 11.7 Å². The Morgan fingerprint density at radius 1 is 1.50 bits per heavy atom. The Labute approximate surface area is 84.7 Å². The lowest BCUT2D eigenvalue weighted by atomic mass is 10.4. The molecule has 0 bridgehead atoms. The molecule has 1 N–H and O–H groups in total. The third-order valence-electron chi connectivity index (χ3n) is 2.48. The van der Waals surface area contributed by atoms with Gasteiger partial charge in [0.05, 0.1) is 6.54 Å². The van der Waals surface area contributed by atoms with Gasteiger partial charge in [0.15, 0.2) is 5.82 Å². The molecule has 4 nitrogen and oxygen atoms in total. The van der Waals surface area contributed by atoms with E-state index in [0.717, 1.165) is 18.2 Å². The summed E-state index contributed by atoms with van der Waals surface area (Å²) in [5, 5.41) is 7.77. The van der Waals surface area contributed by atoms with Crippen molar-refractivity contribution in [1.82, 2.24) is 20.1 Å². The number of nitrogens with one attached hydrogen (secondary N) is 1. The van der Waals surface area contributed by atoms with Crippen molar-refractivity contribution in [2.45, 2.75) is 45.2 Å². The number of hydrogen-bond donors (Lipinski definition) is 1. The van der Waals surface area contributed by atoms with Crippen molar-refractivity contribution in [1.29, 1.82) is 0 Å². The largest absolute Gasteiger partial charge is 0.308 e. The van der Waals surface area contributed by atoms with E-state index >= 15 is 0 Å². The summed E-state index contributed by atoms with van der Waals surface area (Å²) in [7, 11) is 1.97. The number of aryl methyl sites for hydroxylation is 1. The molecular weight excluding hydrogens is 176 g/mol. The molecule has 0 aromatic carbocycles. The SMILES string of the molecule is CC(C)NCc1nc(C2CC2)nn1C. The fraction of sp³-hybridized carbons (Fsp3) is 0.800. The Morgan fingerprint density at radius 3 is 2.79 bits per heavy atom. The summed E-state index contributed by atoms with van der Waals surface area (Å²) in [5.74, 6) is 2.72. The highest BCUT2D eigenvalue weighted by atomic mass is 15.3. The smallest absolute Gasteiger partial charge is 0.154 e. The number of aromatic nitrogens is 3. The van der Waals surface area contributed by atoms with Crippen LogP contribution >= 0.6 is 0 Å². The molecule has 1 aromatic rings. The van der Waals surface area contributed by atoms with Gasteiger partial charge in [-0.05, 0) is 12.8 Å². The van der Waals surface area contributed by atoms with E-state index in [0.29, 0.717) is 12.0 Å². The molecule has 1 aliphatic carbocycles. The van der Waals surface area contributed by atoms with E-state index in [1.54, 1.807) is 0 Å². The number of hydrogen-bond acceptors (Lipinski definition) is 3. The standard InChI is InChI=1S/C10H18N4/c1-7(2)11-6-9-12-10(8-4-5-8)13-14(9)3/h7-8,11H,4-6H2,1-3H3. The predicted molar refractivity (Wildman–Crippen MR) is 55.0 cm³/mol. The summed E-state index contributed by atoms with van der Waals surface area (Å²) in [5.41, 5.74) is 0. The first-order valence-electron chi connectivity index (χ1n) is 5.30. The Bertz CT molecular complexity index is 312. The third kappa shape index (κ3) is 2.12. The van der Waals surface area contributed by atoms with Gasteiger partial charge in [0.2, 0.25) is 0 Å². The normalized spacial score (nSPS) is 16.6. The van der Waals surface area contributed by atoms with Gasteiger partial charge in [-0.15, -0.1) is 0 Å². The lowest BCUT2D eigenvalue weighted by Gasteiger charge is -2.06. The molecule has 14 heavy (non-hydrogen) atoms.